The van der Waals surface area contributed by atoms with Crippen molar-refractivity contribution in [3.05, 3.63) is 97.4 Å². The lowest BCUT2D eigenvalue weighted by Crippen LogP contribution is -2.14. The first kappa shape index (κ1) is 23.4. The molecular formula is C26H27N5O2S. The maximum absolute atomic E-state index is 11.0. The molecule has 2 aromatic carbocycles. The highest BCUT2D eigenvalue weighted by molar-refractivity contribution is 7.07. The number of nitrogens with zero attached hydrogens (tertiary/aromatic N) is 5. The monoisotopic (exact) mass is 473 g/mol. The molecule has 4 aromatic rings. The van der Waals surface area contributed by atoms with Gasteiger partial charge in [0.15, 0.2) is 0 Å². The van der Waals surface area contributed by atoms with E-state index in [0.717, 1.165) is 38.7 Å². The number of nitro groups is 1. The maximum Gasteiger partial charge on any atom is 0.269 e. The predicted octanol–water partition coefficient (Wildman–Crippen LogP) is 6.03. The van der Waals surface area contributed by atoms with E-state index in [0.29, 0.717) is 0 Å². The lowest BCUT2D eigenvalue weighted by Gasteiger charge is -2.10. The maximum atomic E-state index is 11.0. The number of rotatable bonds is 6. The summed E-state index contributed by atoms with van der Waals surface area (Å²) in [4.78, 5) is 16.1. The van der Waals surface area contributed by atoms with E-state index < -0.39 is 4.92 Å². The van der Waals surface area contributed by atoms with Crippen LogP contribution in [0.1, 0.15) is 36.4 Å². The summed E-state index contributed by atoms with van der Waals surface area (Å²) in [5, 5.41) is 17.8. The molecule has 0 fully saturated rings. The predicted molar refractivity (Wildman–Crippen MR) is 138 cm³/mol. The van der Waals surface area contributed by atoms with Crippen LogP contribution in [-0.2, 0) is 0 Å². The van der Waals surface area contributed by atoms with Gasteiger partial charge in [0.05, 0.1) is 16.8 Å². The van der Waals surface area contributed by atoms with E-state index in [4.69, 9.17) is 10.1 Å². The second-order valence-electron chi connectivity index (χ2n) is 8.48. The van der Waals surface area contributed by atoms with E-state index in [1.165, 1.54) is 29.0 Å². The van der Waals surface area contributed by atoms with Crippen molar-refractivity contribution in [1.29, 1.82) is 0 Å². The number of aryl methyl sites for hydroxylation is 2. The summed E-state index contributed by atoms with van der Waals surface area (Å²) in [5.74, 6) is 0. The van der Waals surface area contributed by atoms with Crippen molar-refractivity contribution < 1.29 is 4.92 Å². The van der Waals surface area contributed by atoms with Gasteiger partial charge in [-0.05, 0) is 65.0 Å². The molecule has 0 aliphatic carbocycles. The van der Waals surface area contributed by atoms with Crippen molar-refractivity contribution in [3.8, 4) is 16.9 Å². The highest BCUT2D eigenvalue weighted by atomic mass is 32.1. The topological polar surface area (TPSA) is 77.7 Å². The summed E-state index contributed by atoms with van der Waals surface area (Å²) in [5.41, 5.74) is 7.32. The van der Waals surface area contributed by atoms with E-state index in [2.05, 4.69) is 55.7 Å². The van der Waals surface area contributed by atoms with E-state index in [-0.39, 0.29) is 11.7 Å². The van der Waals surface area contributed by atoms with Gasteiger partial charge in [-0.25, -0.2) is 4.68 Å². The SMILES string of the molecule is Cc1ccc(-n2c(C)cc(C=Nn3c(-c4ccc([N+](=O)[O-])cc4)csc3=NC(C)C)c2C)cc1. The van der Waals surface area contributed by atoms with Crippen molar-refractivity contribution in [3.63, 3.8) is 0 Å². The molecule has 0 atom stereocenters. The molecule has 0 radical (unpaired) electrons. The summed E-state index contributed by atoms with van der Waals surface area (Å²) in [6.07, 6.45) is 1.86. The standard InChI is InChI=1S/C26H27N5O2S/c1-17(2)28-26-30(25(16-34-26)21-8-12-24(13-9-21)31(32)33)27-15-22-14-19(4)29(20(22)5)23-10-6-18(3)7-11-23/h6-17H,1-5H3. The first-order chi connectivity index (χ1) is 16.2. The molecule has 34 heavy (non-hydrogen) atoms. The van der Waals surface area contributed by atoms with Crippen molar-refractivity contribution in [2.75, 3.05) is 0 Å². The van der Waals surface area contributed by atoms with E-state index >= 15 is 0 Å². The van der Waals surface area contributed by atoms with Gasteiger partial charge in [-0.3, -0.25) is 15.1 Å². The summed E-state index contributed by atoms with van der Waals surface area (Å²) in [6, 6.07) is 17.2. The van der Waals surface area contributed by atoms with Crippen LogP contribution in [0.2, 0.25) is 0 Å². The molecule has 7 nitrogen and oxygen atoms in total. The minimum absolute atomic E-state index is 0.0599. The molecule has 0 saturated heterocycles. The zero-order valence-corrected chi connectivity index (χ0v) is 20.7. The van der Waals surface area contributed by atoms with Crippen LogP contribution in [0.5, 0.6) is 0 Å². The lowest BCUT2D eigenvalue weighted by molar-refractivity contribution is -0.384. The summed E-state index contributed by atoms with van der Waals surface area (Å²) < 4.78 is 4.03. The van der Waals surface area contributed by atoms with Gasteiger partial charge in [-0.1, -0.05) is 17.7 Å². The third-order valence-electron chi connectivity index (χ3n) is 5.50. The van der Waals surface area contributed by atoms with Gasteiger partial charge in [0.25, 0.3) is 5.69 Å². The molecule has 0 N–H and O–H groups in total. The molecule has 0 amide bonds. The quantitative estimate of drug-likeness (QED) is 0.195. The van der Waals surface area contributed by atoms with Crippen LogP contribution in [0.15, 0.2) is 70.1 Å². The average Bonchev–Trinajstić information content (AvgIpc) is 3.32. The van der Waals surface area contributed by atoms with Gasteiger partial charge in [-0.2, -0.15) is 5.10 Å². The minimum Gasteiger partial charge on any atom is -0.318 e. The summed E-state index contributed by atoms with van der Waals surface area (Å²) >= 11 is 1.50. The summed E-state index contributed by atoms with van der Waals surface area (Å²) in [7, 11) is 0. The number of thiazole rings is 1. The zero-order valence-electron chi connectivity index (χ0n) is 19.9. The fourth-order valence-corrected chi connectivity index (χ4v) is 4.77. The second kappa shape index (κ2) is 9.61. The Morgan fingerprint density at radius 3 is 2.32 bits per heavy atom. The van der Waals surface area contributed by atoms with E-state index in [1.807, 2.05) is 30.1 Å². The second-order valence-corrected chi connectivity index (χ2v) is 9.32. The van der Waals surface area contributed by atoms with Crippen LogP contribution in [0.25, 0.3) is 16.9 Å². The Balaban J connectivity index is 1.77. The average molecular weight is 474 g/mol. The largest absolute Gasteiger partial charge is 0.318 e. The highest BCUT2D eigenvalue weighted by Crippen LogP contribution is 2.24. The number of hydrogen-bond donors (Lipinski definition) is 0. The molecule has 0 aliphatic heterocycles. The number of non-ortho nitro benzene ring substituents is 1. The fourth-order valence-electron chi connectivity index (χ4n) is 3.80. The number of aromatic nitrogens is 2. The number of benzene rings is 2. The van der Waals surface area contributed by atoms with Gasteiger partial charge >= 0.3 is 0 Å². The molecule has 0 unspecified atom stereocenters. The van der Waals surface area contributed by atoms with E-state index in [9.17, 15) is 10.1 Å². The minimum atomic E-state index is -0.396. The number of hydrogen-bond acceptors (Lipinski definition) is 5. The van der Waals surface area contributed by atoms with Crippen molar-refractivity contribution >= 4 is 23.2 Å². The molecule has 174 valence electrons. The normalized spacial score (nSPS) is 12.2. The molecule has 2 aromatic heterocycles. The fraction of sp³-hybridized carbons (Fsp3) is 0.231. The van der Waals surface area contributed by atoms with Crippen LogP contribution in [0.3, 0.4) is 0 Å². The number of nitro benzene ring substituents is 1. The Labute approximate surface area is 202 Å². The molecule has 8 heteroatoms. The van der Waals surface area contributed by atoms with Crippen LogP contribution in [0, 0.1) is 30.9 Å². The van der Waals surface area contributed by atoms with Gasteiger partial charge in [0.1, 0.15) is 0 Å². The Kier molecular flexibility index (Phi) is 6.61. The van der Waals surface area contributed by atoms with Crippen LogP contribution < -0.4 is 4.80 Å². The molecule has 0 saturated carbocycles. The van der Waals surface area contributed by atoms with Gasteiger partial charge in [-0.15, -0.1) is 11.3 Å². The van der Waals surface area contributed by atoms with Crippen molar-refractivity contribution in [2.45, 2.75) is 40.7 Å². The Hall–Kier alpha value is -3.78. The Morgan fingerprint density at radius 1 is 1.03 bits per heavy atom. The van der Waals surface area contributed by atoms with Crippen LogP contribution in [-0.4, -0.2) is 26.4 Å². The first-order valence-electron chi connectivity index (χ1n) is 11.0. The molecule has 0 bridgehead atoms. The van der Waals surface area contributed by atoms with Crippen molar-refractivity contribution in [2.24, 2.45) is 10.1 Å². The van der Waals surface area contributed by atoms with Crippen LogP contribution >= 0.6 is 11.3 Å². The third-order valence-corrected chi connectivity index (χ3v) is 6.33. The van der Waals surface area contributed by atoms with Gasteiger partial charge in [0.2, 0.25) is 4.80 Å². The zero-order chi connectivity index (χ0) is 24.4. The Morgan fingerprint density at radius 2 is 1.71 bits per heavy atom. The third kappa shape index (κ3) is 4.77. The van der Waals surface area contributed by atoms with E-state index in [1.54, 1.807) is 12.1 Å². The molecule has 2 heterocycles. The first-order valence-corrected chi connectivity index (χ1v) is 11.9. The molecule has 0 aliphatic rings. The van der Waals surface area contributed by atoms with Gasteiger partial charge in [0, 0.05) is 51.8 Å². The van der Waals surface area contributed by atoms with Gasteiger partial charge < -0.3 is 4.57 Å². The molecule has 4 rings (SSSR count). The Bertz CT molecular complexity index is 1420. The van der Waals surface area contributed by atoms with Crippen molar-refractivity contribution in [1.82, 2.24) is 9.24 Å². The molecular weight excluding hydrogens is 446 g/mol. The lowest BCUT2D eigenvalue weighted by atomic mass is 10.1. The summed E-state index contributed by atoms with van der Waals surface area (Å²) in [6.45, 7) is 10.3. The highest BCUT2D eigenvalue weighted by Gasteiger charge is 2.12. The van der Waals surface area contributed by atoms with Crippen LogP contribution in [0.4, 0.5) is 5.69 Å². The molecule has 0 spiro atoms. The smallest absolute Gasteiger partial charge is 0.269 e.